The molecular formula is C27H32N2O5S. The Balaban J connectivity index is 1.39. The van der Waals surface area contributed by atoms with Crippen LogP contribution in [0.4, 0.5) is 4.79 Å². The molecule has 2 N–H and O–H groups in total. The number of amides is 2. The number of hydrogen-bond acceptors (Lipinski definition) is 5. The molecule has 8 heteroatoms. The molecule has 35 heavy (non-hydrogen) atoms. The number of nitrogens with zero attached hydrogens (tertiary/aromatic N) is 1. The largest absolute Gasteiger partial charge is 0.481 e. The number of ether oxygens (including phenoxy) is 1. The molecule has 2 aromatic rings. The van der Waals surface area contributed by atoms with Crippen LogP contribution in [0.1, 0.15) is 49.7 Å². The lowest BCUT2D eigenvalue weighted by Gasteiger charge is -2.24. The number of carboxylic acids is 1. The first-order chi connectivity index (χ1) is 17.0. The predicted octanol–water partition coefficient (Wildman–Crippen LogP) is 4.50. The zero-order valence-corrected chi connectivity index (χ0v) is 20.8. The fourth-order valence-electron chi connectivity index (χ4n) is 4.88. The first kappa shape index (κ1) is 25.1. The van der Waals surface area contributed by atoms with Crippen molar-refractivity contribution in [2.75, 3.05) is 25.4 Å². The first-order valence-corrected chi connectivity index (χ1v) is 13.3. The number of nitrogens with one attached hydrogen (secondary N) is 1. The van der Waals surface area contributed by atoms with Crippen molar-refractivity contribution in [3.8, 4) is 11.1 Å². The van der Waals surface area contributed by atoms with E-state index in [9.17, 15) is 14.4 Å². The van der Waals surface area contributed by atoms with Crippen LogP contribution >= 0.6 is 11.8 Å². The molecule has 2 atom stereocenters. The van der Waals surface area contributed by atoms with Crippen molar-refractivity contribution in [2.45, 2.75) is 49.8 Å². The Morgan fingerprint density at radius 2 is 1.77 bits per heavy atom. The van der Waals surface area contributed by atoms with E-state index in [0.717, 1.165) is 40.8 Å². The number of fused-ring (bicyclic) bond motifs is 3. The molecule has 0 aromatic heterocycles. The number of aliphatic carboxylic acids is 1. The molecule has 0 radical (unpaired) electrons. The summed E-state index contributed by atoms with van der Waals surface area (Å²) in [4.78, 5) is 38.8. The van der Waals surface area contributed by atoms with E-state index in [2.05, 4.69) is 24.4 Å². The molecule has 4 rings (SSSR count). The Hall–Kier alpha value is -3.00. The van der Waals surface area contributed by atoms with E-state index in [-0.39, 0.29) is 31.3 Å². The molecule has 186 valence electrons. The minimum absolute atomic E-state index is 0.0294. The Morgan fingerprint density at radius 1 is 1.11 bits per heavy atom. The van der Waals surface area contributed by atoms with Crippen LogP contribution in [-0.4, -0.2) is 64.7 Å². The van der Waals surface area contributed by atoms with Crippen molar-refractivity contribution in [1.82, 2.24) is 10.2 Å². The van der Waals surface area contributed by atoms with Gasteiger partial charge in [-0.25, -0.2) is 4.79 Å². The molecule has 0 spiro atoms. The van der Waals surface area contributed by atoms with Gasteiger partial charge in [-0.2, -0.15) is 11.8 Å². The number of carboxylic acid groups (broad SMARTS) is 1. The van der Waals surface area contributed by atoms with Crippen LogP contribution in [0.3, 0.4) is 0 Å². The number of carbonyl (C=O) groups excluding carboxylic acids is 2. The summed E-state index contributed by atoms with van der Waals surface area (Å²) >= 11 is 1.86. The van der Waals surface area contributed by atoms with Crippen molar-refractivity contribution < 1.29 is 24.2 Å². The summed E-state index contributed by atoms with van der Waals surface area (Å²) in [6.07, 6.45) is 1.11. The van der Waals surface area contributed by atoms with Crippen molar-refractivity contribution in [3.63, 3.8) is 0 Å². The Morgan fingerprint density at radius 3 is 2.40 bits per heavy atom. The summed E-state index contributed by atoms with van der Waals surface area (Å²) in [7, 11) is 0. The van der Waals surface area contributed by atoms with E-state index in [1.165, 1.54) is 0 Å². The second-order valence-corrected chi connectivity index (χ2v) is 10.4. The van der Waals surface area contributed by atoms with Gasteiger partial charge in [-0.05, 0) is 47.3 Å². The van der Waals surface area contributed by atoms with Crippen LogP contribution in [0.25, 0.3) is 11.1 Å². The molecule has 2 amide bonds. The van der Waals surface area contributed by atoms with E-state index in [0.29, 0.717) is 18.3 Å². The Bertz CT molecular complexity index is 1030. The van der Waals surface area contributed by atoms with Crippen molar-refractivity contribution in [1.29, 1.82) is 0 Å². The third-order valence-electron chi connectivity index (χ3n) is 6.60. The molecule has 0 bridgehead atoms. The standard InChI is InChI=1S/C27H32N2O5S/c1-2-15-35-18-13-14-29(16-18)26(32)24(11-12-25(30)31)28-27(33)34-17-23-21-9-5-3-7-19(21)20-8-4-6-10-22(20)23/h3-10,18,23-24H,2,11-17H2,1H3,(H,28,33)(H,30,31). The summed E-state index contributed by atoms with van der Waals surface area (Å²) < 4.78 is 5.59. The molecule has 2 aliphatic rings. The summed E-state index contributed by atoms with van der Waals surface area (Å²) in [5.74, 6) is -0.279. The average molecular weight is 497 g/mol. The molecule has 1 aliphatic carbocycles. The highest BCUT2D eigenvalue weighted by Crippen LogP contribution is 2.44. The van der Waals surface area contributed by atoms with Crippen molar-refractivity contribution in [2.24, 2.45) is 0 Å². The normalized spacial score (nSPS) is 17.5. The maximum absolute atomic E-state index is 13.2. The maximum atomic E-state index is 13.2. The topological polar surface area (TPSA) is 95.9 Å². The molecule has 1 aliphatic heterocycles. The number of likely N-dealkylation sites (tertiary alicyclic amines) is 1. The zero-order valence-electron chi connectivity index (χ0n) is 19.9. The lowest BCUT2D eigenvalue weighted by molar-refractivity contribution is -0.137. The summed E-state index contributed by atoms with van der Waals surface area (Å²) in [6, 6.07) is 15.2. The SMILES string of the molecule is CCCSC1CCN(C(=O)C(CCC(=O)O)NC(=O)OCC2c3ccccc3-c3ccccc32)C1. The van der Waals surface area contributed by atoms with E-state index < -0.39 is 18.1 Å². The summed E-state index contributed by atoms with van der Waals surface area (Å²) in [6.45, 7) is 3.51. The maximum Gasteiger partial charge on any atom is 0.407 e. The van der Waals surface area contributed by atoms with Gasteiger partial charge in [0.05, 0.1) is 0 Å². The molecule has 2 unspecified atom stereocenters. The van der Waals surface area contributed by atoms with Gasteiger partial charge in [0, 0.05) is 30.7 Å². The first-order valence-electron chi connectivity index (χ1n) is 12.2. The number of carbonyl (C=O) groups is 3. The molecule has 1 fully saturated rings. The molecule has 7 nitrogen and oxygen atoms in total. The van der Waals surface area contributed by atoms with Gasteiger partial charge in [0.2, 0.25) is 5.91 Å². The zero-order chi connectivity index (χ0) is 24.8. The van der Waals surface area contributed by atoms with E-state index in [4.69, 9.17) is 9.84 Å². The minimum Gasteiger partial charge on any atom is -0.481 e. The van der Waals surface area contributed by atoms with Crippen LogP contribution in [-0.2, 0) is 14.3 Å². The van der Waals surface area contributed by atoms with Gasteiger partial charge in [0.15, 0.2) is 0 Å². The van der Waals surface area contributed by atoms with E-state index >= 15 is 0 Å². The second kappa shape index (κ2) is 11.6. The number of hydrogen-bond donors (Lipinski definition) is 2. The quantitative estimate of drug-likeness (QED) is 0.503. The molecule has 0 saturated carbocycles. The van der Waals surface area contributed by atoms with Crippen LogP contribution < -0.4 is 5.32 Å². The lowest BCUT2D eigenvalue weighted by atomic mass is 9.98. The van der Waals surface area contributed by atoms with Crippen LogP contribution in [0, 0.1) is 0 Å². The van der Waals surface area contributed by atoms with Gasteiger partial charge < -0.3 is 20.1 Å². The monoisotopic (exact) mass is 496 g/mol. The minimum atomic E-state index is -1.00. The average Bonchev–Trinajstić information content (AvgIpc) is 3.46. The predicted molar refractivity (Wildman–Crippen MR) is 137 cm³/mol. The fraction of sp³-hybridized carbons (Fsp3) is 0.444. The molecule has 2 aromatic carbocycles. The highest BCUT2D eigenvalue weighted by atomic mass is 32.2. The van der Waals surface area contributed by atoms with Crippen molar-refractivity contribution >= 4 is 29.7 Å². The van der Waals surface area contributed by atoms with E-state index in [1.807, 2.05) is 48.2 Å². The summed E-state index contributed by atoms with van der Waals surface area (Å²) in [5.41, 5.74) is 4.48. The number of alkyl carbamates (subject to hydrolysis) is 1. The number of thioether (sulfide) groups is 1. The fourth-order valence-corrected chi connectivity index (χ4v) is 6.00. The Kier molecular flexibility index (Phi) is 8.33. The van der Waals surface area contributed by atoms with Crippen LogP contribution in [0.2, 0.25) is 0 Å². The highest BCUT2D eigenvalue weighted by Gasteiger charge is 2.33. The third-order valence-corrected chi connectivity index (χ3v) is 8.10. The van der Waals surface area contributed by atoms with Gasteiger partial charge in [-0.15, -0.1) is 0 Å². The number of benzene rings is 2. The summed E-state index contributed by atoms with van der Waals surface area (Å²) in [5, 5.41) is 12.2. The van der Waals surface area contributed by atoms with Gasteiger partial charge in [0.1, 0.15) is 12.6 Å². The van der Waals surface area contributed by atoms with Gasteiger partial charge in [-0.3, -0.25) is 9.59 Å². The van der Waals surface area contributed by atoms with Crippen LogP contribution in [0.15, 0.2) is 48.5 Å². The molecule has 1 heterocycles. The number of rotatable bonds is 10. The van der Waals surface area contributed by atoms with Gasteiger partial charge >= 0.3 is 12.1 Å². The third kappa shape index (κ3) is 5.99. The van der Waals surface area contributed by atoms with Gasteiger partial charge in [-0.1, -0.05) is 55.5 Å². The van der Waals surface area contributed by atoms with E-state index in [1.54, 1.807) is 4.90 Å². The van der Waals surface area contributed by atoms with Crippen molar-refractivity contribution in [3.05, 3.63) is 59.7 Å². The van der Waals surface area contributed by atoms with Gasteiger partial charge in [0.25, 0.3) is 0 Å². The van der Waals surface area contributed by atoms with Crippen LogP contribution in [0.5, 0.6) is 0 Å². The Labute approximate surface area is 210 Å². The second-order valence-electron chi connectivity index (χ2n) is 9.02. The molecule has 1 saturated heterocycles. The lowest BCUT2D eigenvalue weighted by Crippen LogP contribution is -2.48. The smallest absolute Gasteiger partial charge is 0.407 e. The highest BCUT2D eigenvalue weighted by molar-refractivity contribution is 7.99. The molecular weight excluding hydrogens is 464 g/mol.